The molecule has 2 heterocycles. The van der Waals surface area contributed by atoms with Gasteiger partial charge in [0, 0.05) is 18.5 Å². The minimum atomic E-state index is -0.180. The molecule has 0 fully saturated rings. The van der Waals surface area contributed by atoms with Crippen molar-refractivity contribution in [3.8, 4) is 17.6 Å². The van der Waals surface area contributed by atoms with E-state index in [0.717, 1.165) is 5.56 Å². The predicted octanol–water partition coefficient (Wildman–Crippen LogP) is 2.60. The van der Waals surface area contributed by atoms with Crippen LogP contribution in [0.4, 0.5) is 0 Å². The third kappa shape index (κ3) is 2.60. The zero-order chi connectivity index (χ0) is 14.7. The van der Waals surface area contributed by atoms with Crippen LogP contribution in [0.2, 0.25) is 0 Å². The number of allylic oxidation sites excluding steroid dienone is 1. The lowest BCUT2D eigenvalue weighted by Crippen LogP contribution is -1.98. The number of carbonyl (C=O) groups is 1. The normalized spacial score (nSPS) is 14.4. The second-order valence-corrected chi connectivity index (χ2v) is 4.33. The van der Waals surface area contributed by atoms with E-state index in [9.17, 15) is 4.79 Å². The van der Waals surface area contributed by atoms with E-state index in [0.29, 0.717) is 17.1 Å². The quantitative estimate of drug-likeness (QED) is 0.807. The average molecular weight is 278 g/mol. The molecule has 0 saturated heterocycles. The number of aromatic nitrogens is 1. The van der Waals surface area contributed by atoms with Crippen LogP contribution < -0.4 is 9.47 Å². The molecule has 1 aromatic carbocycles. The minimum Gasteiger partial charge on any atom is -0.479 e. The summed E-state index contributed by atoms with van der Waals surface area (Å²) in [6.07, 6.45) is 4.95. The third-order valence-corrected chi connectivity index (χ3v) is 2.93. The summed E-state index contributed by atoms with van der Waals surface area (Å²) >= 11 is 0. The van der Waals surface area contributed by atoms with E-state index in [1.54, 1.807) is 42.7 Å². The molecule has 0 N–H and O–H groups in total. The van der Waals surface area contributed by atoms with Crippen molar-refractivity contribution in [2.45, 2.75) is 0 Å². The Labute approximate surface area is 121 Å². The Kier molecular flexibility index (Phi) is 3.36. The summed E-state index contributed by atoms with van der Waals surface area (Å²) in [6, 6.07) is 10.4. The Morgan fingerprint density at radius 3 is 3.05 bits per heavy atom. The first kappa shape index (κ1) is 12.9. The SMILES string of the molecule is N#CCOc1ccc2c(c1)O/C(=C\c1cccnc1)C2=O. The third-order valence-electron chi connectivity index (χ3n) is 2.93. The molecule has 0 bridgehead atoms. The molecule has 21 heavy (non-hydrogen) atoms. The van der Waals surface area contributed by atoms with Crippen molar-refractivity contribution in [3.05, 3.63) is 59.6 Å². The van der Waals surface area contributed by atoms with Crippen molar-refractivity contribution < 1.29 is 14.3 Å². The van der Waals surface area contributed by atoms with Gasteiger partial charge in [-0.2, -0.15) is 5.26 Å². The number of ether oxygens (including phenoxy) is 2. The van der Waals surface area contributed by atoms with Gasteiger partial charge >= 0.3 is 0 Å². The van der Waals surface area contributed by atoms with Crippen LogP contribution in [-0.2, 0) is 0 Å². The fraction of sp³-hybridized carbons (Fsp3) is 0.0625. The highest BCUT2D eigenvalue weighted by Crippen LogP contribution is 2.34. The van der Waals surface area contributed by atoms with E-state index >= 15 is 0 Å². The maximum atomic E-state index is 12.2. The summed E-state index contributed by atoms with van der Waals surface area (Å²) in [4.78, 5) is 16.2. The van der Waals surface area contributed by atoms with Crippen LogP contribution in [0.25, 0.3) is 6.08 Å². The van der Waals surface area contributed by atoms with E-state index in [4.69, 9.17) is 14.7 Å². The van der Waals surface area contributed by atoms with Crippen LogP contribution in [0, 0.1) is 11.3 Å². The Balaban J connectivity index is 1.88. The molecule has 5 nitrogen and oxygen atoms in total. The molecule has 3 rings (SSSR count). The lowest BCUT2D eigenvalue weighted by atomic mass is 10.1. The first-order valence-electron chi connectivity index (χ1n) is 6.26. The summed E-state index contributed by atoms with van der Waals surface area (Å²) in [5, 5.41) is 8.49. The Bertz CT molecular complexity index is 761. The van der Waals surface area contributed by atoms with Crippen molar-refractivity contribution in [1.29, 1.82) is 5.26 Å². The van der Waals surface area contributed by atoms with Gasteiger partial charge in [-0.05, 0) is 29.8 Å². The molecular weight excluding hydrogens is 268 g/mol. The summed E-state index contributed by atoms with van der Waals surface area (Å²) in [5.74, 6) is 0.993. The van der Waals surface area contributed by atoms with Gasteiger partial charge in [-0.3, -0.25) is 9.78 Å². The molecule has 0 saturated carbocycles. The zero-order valence-corrected chi connectivity index (χ0v) is 10.9. The number of hydrogen-bond acceptors (Lipinski definition) is 5. The van der Waals surface area contributed by atoms with E-state index in [1.807, 2.05) is 12.1 Å². The number of nitriles is 1. The molecule has 1 aliphatic rings. The van der Waals surface area contributed by atoms with Gasteiger partial charge in [0.15, 0.2) is 12.4 Å². The monoisotopic (exact) mass is 278 g/mol. The smallest absolute Gasteiger partial charge is 0.231 e. The maximum Gasteiger partial charge on any atom is 0.231 e. The number of fused-ring (bicyclic) bond motifs is 1. The molecule has 102 valence electrons. The van der Waals surface area contributed by atoms with Crippen LogP contribution >= 0.6 is 0 Å². The summed E-state index contributed by atoms with van der Waals surface area (Å²) in [5.41, 5.74) is 1.27. The number of benzene rings is 1. The number of Topliss-reactive ketones (excluding diaryl/α,β-unsaturated/α-hetero) is 1. The molecule has 5 heteroatoms. The van der Waals surface area contributed by atoms with Gasteiger partial charge < -0.3 is 9.47 Å². The number of ketones is 1. The van der Waals surface area contributed by atoms with Crippen LogP contribution in [0.5, 0.6) is 11.5 Å². The predicted molar refractivity (Wildman–Crippen MR) is 74.7 cm³/mol. The van der Waals surface area contributed by atoms with Crippen molar-refractivity contribution in [2.75, 3.05) is 6.61 Å². The standard InChI is InChI=1S/C16H10N2O3/c17-5-7-20-12-3-4-13-14(9-12)21-15(16(13)19)8-11-2-1-6-18-10-11/h1-4,6,8-10H,7H2/b15-8-. The fourth-order valence-corrected chi connectivity index (χ4v) is 1.99. The van der Waals surface area contributed by atoms with Crippen molar-refractivity contribution in [1.82, 2.24) is 4.98 Å². The van der Waals surface area contributed by atoms with Crippen molar-refractivity contribution in [3.63, 3.8) is 0 Å². The van der Waals surface area contributed by atoms with Gasteiger partial charge in [-0.15, -0.1) is 0 Å². The minimum absolute atomic E-state index is 0.0505. The molecule has 0 spiro atoms. The summed E-state index contributed by atoms with van der Waals surface area (Å²) in [6.45, 7) is -0.0505. The second kappa shape index (κ2) is 5.47. The van der Waals surface area contributed by atoms with Crippen molar-refractivity contribution in [2.24, 2.45) is 0 Å². The molecule has 0 radical (unpaired) electrons. The van der Waals surface area contributed by atoms with E-state index in [2.05, 4.69) is 4.98 Å². The van der Waals surface area contributed by atoms with Gasteiger partial charge in [0.05, 0.1) is 5.56 Å². The van der Waals surface area contributed by atoms with E-state index in [1.165, 1.54) is 0 Å². The maximum absolute atomic E-state index is 12.2. The summed E-state index contributed by atoms with van der Waals surface area (Å²) < 4.78 is 10.8. The molecule has 0 aliphatic carbocycles. The topological polar surface area (TPSA) is 72.2 Å². The van der Waals surface area contributed by atoms with Gasteiger partial charge in [-0.1, -0.05) is 6.07 Å². The number of nitrogens with zero attached hydrogens (tertiary/aromatic N) is 2. The highest BCUT2D eigenvalue weighted by Gasteiger charge is 2.27. The first-order valence-corrected chi connectivity index (χ1v) is 6.26. The van der Waals surface area contributed by atoms with Gasteiger partial charge in [0.2, 0.25) is 5.78 Å². The molecule has 2 aromatic rings. The second-order valence-electron chi connectivity index (χ2n) is 4.33. The van der Waals surface area contributed by atoms with Crippen molar-refractivity contribution >= 4 is 11.9 Å². The van der Waals surface area contributed by atoms with Crippen LogP contribution in [0.1, 0.15) is 15.9 Å². The van der Waals surface area contributed by atoms with Gasteiger partial charge in [0.1, 0.15) is 17.6 Å². The lowest BCUT2D eigenvalue weighted by Gasteiger charge is -2.02. The number of pyridine rings is 1. The number of rotatable bonds is 3. The Morgan fingerprint density at radius 2 is 2.29 bits per heavy atom. The first-order chi connectivity index (χ1) is 10.3. The molecule has 0 amide bonds. The van der Waals surface area contributed by atoms with Gasteiger partial charge in [-0.25, -0.2) is 0 Å². The van der Waals surface area contributed by atoms with Crippen LogP contribution in [0.3, 0.4) is 0 Å². The van der Waals surface area contributed by atoms with Crippen LogP contribution in [0.15, 0.2) is 48.5 Å². The van der Waals surface area contributed by atoms with E-state index in [-0.39, 0.29) is 18.1 Å². The molecule has 0 unspecified atom stereocenters. The largest absolute Gasteiger partial charge is 0.479 e. The fourth-order valence-electron chi connectivity index (χ4n) is 1.99. The zero-order valence-electron chi connectivity index (χ0n) is 10.9. The molecule has 0 atom stereocenters. The van der Waals surface area contributed by atoms with E-state index < -0.39 is 0 Å². The molecule has 1 aromatic heterocycles. The molecular formula is C16H10N2O3. The Hall–Kier alpha value is -3.13. The number of carbonyl (C=O) groups excluding carboxylic acids is 1. The summed E-state index contributed by atoms with van der Waals surface area (Å²) in [7, 11) is 0. The van der Waals surface area contributed by atoms with Gasteiger partial charge in [0.25, 0.3) is 0 Å². The van der Waals surface area contributed by atoms with Crippen LogP contribution in [-0.4, -0.2) is 17.4 Å². The number of hydrogen-bond donors (Lipinski definition) is 0. The highest BCUT2D eigenvalue weighted by atomic mass is 16.5. The molecule has 1 aliphatic heterocycles. The Morgan fingerprint density at radius 1 is 1.38 bits per heavy atom. The average Bonchev–Trinajstić information content (AvgIpc) is 2.82. The lowest BCUT2D eigenvalue weighted by molar-refractivity contribution is 0.101. The highest BCUT2D eigenvalue weighted by molar-refractivity contribution is 6.14.